The van der Waals surface area contributed by atoms with Crippen molar-refractivity contribution in [1.29, 1.82) is 0 Å². The van der Waals surface area contributed by atoms with Gasteiger partial charge in [-0.3, -0.25) is 0 Å². The topological polar surface area (TPSA) is 17.1 Å². The number of hydrogen-bond acceptors (Lipinski definition) is 1. The molecule has 0 aliphatic rings. The number of benzene rings is 1. The van der Waals surface area contributed by atoms with Gasteiger partial charge in [-0.2, -0.15) is 8.78 Å². The zero-order valence-electron chi connectivity index (χ0n) is 8.51. The first-order valence-corrected chi connectivity index (χ1v) is 8.09. The predicted octanol–water partition coefficient (Wildman–Crippen LogP) is 4.25. The van der Waals surface area contributed by atoms with Crippen LogP contribution in [-0.2, 0) is 15.6 Å². The number of rotatable bonds is 3. The van der Waals surface area contributed by atoms with Gasteiger partial charge in [-0.05, 0) is 18.9 Å². The van der Waals surface area contributed by atoms with Crippen molar-refractivity contribution in [2.45, 2.75) is 11.0 Å². The van der Waals surface area contributed by atoms with Crippen LogP contribution in [0.5, 0.6) is 0 Å². The molecule has 0 aliphatic carbocycles. The van der Waals surface area contributed by atoms with Gasteiger partial charge in [-0.1, -0.05) is 40.2 Å². The van der Waals surface area contributed by atoms with Crippen LogP contribution in [0.2, 0.25) is 0 Å². The van der Waals surface area contributed by atoms with Gasteiger partial charge in [-0.25, -0.2) is 0 Å². The van der Waals surface area contributed by atoms with Gasteiger partial charge in [0.1, 0.15) is 0 Å². The Morgan fingerprint density at radius 1 is 1.27 bits per heavy atom. The van der Waals surface area contributed by atoms with Gasteiger partial charge >= 0.3 is 5.66 Å². The highest BCUT2D eigenvalue weighted by molar-refractivity contribution is 9.08. The molecule has 15 heavy (non-hydrogen) atoms. The molecule has 5 heteroatoms. The Hall–Kier alpha value is -0.210. The SMILES string of the molecule is CP(C)(=O)C(F)(F)c1ccc(CBr)cc1. The van der Waals surface area contributed by atoms with Crippen LogP contribution in [0.3, 0.4) is 0 Å². The van der Waals surface area contributed by atoms with Gasteiger partial charge in [0.05, 0.1) is 0 Å². The minimum absolute atomic E-state index is 0.180. The van der Waals surface area contributed by atoms with Crippen LogP contribution < -0.4 is 0 Å². The van der Waals surface area contributed by atoms with Crippen LogP contribution >= 0.6 is 23.1 Å². The van der Waals surface area contributed by atoms with Gasteiger partial charge in [-0.15, -0.1) is 0 Å². The monoisotopic (exact) mass is 296 g/mol. The van der Waals surface area contributed by atoms with E-state index in [4.69, 9.17) is 0 Å². The van der Waals surface area contributed by atoms with Gasteiger partial charge in [0.25, 0.3) is 0 Å². The van der Waals surface area contributed by atoms with E-state index < -0.39 is 12.8 Å². The van der Waals surface area contributed by atoms with Crippen molar-refractivity contribution in [2.24, 2.45) is 0 Å². The Kier molecular flexibility index (Phi) is 3.72. The predicted molar refractivity (Wildman–Crippen MR) is 62.4 cm³/mol. The smallest absolute Gasteiger partial charge is 0.317 e. The molecule has 0 aliphatic heterocycles. The lowest BCUT2D eigenvalue weighted by Gasteiger charge is -2.21. The van der Waals surface area contributed by atoms with Crippen LogP contribution in [0.25, 0.3) is 0 Å². The Morgan fingerprint density at radius 3 is 2.07 bits per heavy atom. The van der Waals surface area contributed by atoms with Crippen molar-refractivity contribution < 1.29 is 13.3 Å². The quantitative estimate of drug-likeness (QED) is 0.602. The van der Waals surface area contributed by atoms with E-state index in [9.17, 15) is 13.3 Å². The van der Waals surface area contributed by atoms with Gasteiger partial charge < -0.3 is 4.57 Å². The van der Waals surface area contributed by atoms with E-state index in [0.717, 1.165) is 18.9 Å². The van der Waals surface area contributed by atoms with Crippen LogP contribution in [0.4, 0.5) is 8.78 Å². The maximum Gasteiger partial charge on any atom is 0.322 e. The van der Waals surface area contributed by atoms with Crippen molar-refractivity contribution in [3.8, 4) is 0 Å². The summed E-state index contributed by atoms with van der Waals surface area (Å²) in [5.41, 5.74) is -2.50. The van der Waals surface area contributed by atoms with Crippen LogP contribution in [-0.4, -0.2) is 13.3 Å². The minimum Gasteiger partial charge on any atom is -0.317 e. The lowest BCUT2D eigenvalue weighted by Crippen LogP contribution is -2.12. The van der Waals surface area contributed by atoms with E-state index in [-0.39, 0.29) is 5.56 Å². The Balaban J connectivity index is 3.11. The van der Waals surface area contributed by atoms with E-state index >= 15 is 0 Å². The highest BCUT2D eigenvalue weighted by Gasteiger charge is 2.44. The average Bonchev–Trinajstić information content (AvgIpc) is 2.16. The molecular formula is C10H12BrF2OP. The second-order valence-corrected chi connectivity index (χ2v) is 7.55. The normalized spacial score (nSPS) is 12.9. The molecule has 0 fully saturated rings. The molecular weight excluding hydrogens is 285 g/mol. The maximum atomic E-state index is 13.6. The first kappa shape index (κ1) is 12.9. The molecule has 0 radical (unpaired) electrons. The van der Waals surface area contributed by atoms with Gasteiger partial charge in [0, 0.05) is 10.9 Å². The fraction of sp³-hybridized carbons (Fsp3) is 0.400. The first-order chi connectivity index (χ1) is 6.79. The maximum absolute atomic E-state index is 13.6. The van der Waals surface area contributed by atoms with Crippen LogP contribution in [0.15, 0.2) is 24.3 Å². The summed E-state index contributed by atoms with van der Waals surface area (Å²) in [6.45, 7) is 2.21. The van der Waals surface area contributed by atoms with Crippen molar-refractivity contribution in [3.63, 3.8) is 0 Å². The van der Waals surface area contributed by atoms with Crippen LogP contribution in [0, 0.1) is 0 Å². The van der Waals surface area contributed by atoms with Gasteiger partial charge in [0.2, 0.25) is 0 Å². The summed E-state index contributed by atoms with van der Waals surface area (Å²) in [6, 6.07) is 5.87. The molecule has 1 aromatic carbocycles. The summed E-state index contributed by atoms with van der Waals surface area (Å²) in [6.07, 6.45) is 0. The lowest BCUT2D eigenvalue weighted by molar-refractivity contribution is 0.0893. The second kappa shape index (κ2) is 4.34. The second-order valence-electron chi connectivity index (χ2n) is 3.72. The third-order valence-electron chi connectivity index (χ3n) is 2.13. The molecule has 84 valence electrons. The highest BCUT2D eigenvalue weighted by Crippen LogP contribution is 2.59. The molecule has 0 saturated heterocycles. The fourth-order valence-electron chi connectivity index (χ4n) is 1.11. The molecule has 0 bridgehead atoms. The number of alkyl halides is 3. The van der Waals surface area contributed by atoms with Crippen LogP contribution in [0.1, 0.15) is 11.1 Å². The molecule has 1 aromatic rings. The standard InChI is InChI=1S/C10H12BrF2OP/c1-15(2,14)10(12,13)9-5-3-8(7-11)4-6-9/h3-6H,7H2,1-2H3. The molecule has 1 nitrogen and oxygen atoms in total. The summed E-state index contributed by atoms with van der Waals surface area (Å²) >= 11 is 3.23. The summed E-state index contributed by atoms with van der Waals surface area (Å²) in [7, 11) is -3.46. The Bertz CT molecular complexity index is 383. The largest absolute Gasteiger partial charge is 0.322 e. The summed E-state index contributed by atoms with van der Waals surface area (Å²) in [5.74, 6) is 0. The zero-order valence-corrected chi connectivity index (χ0v) is 11.0. The van der Waals surface area contributed by atoms with E-state index in [1.165, 1.54) is 12.1 Å². The molecule has 0 amide bonds. The Morgan fingerprint density at radius 2 is 1.73 bits per heavy atom. The first-order valence-electron chi connectivity index (χ1n) is 4.37. The van der Waals surface area contributed by atoms with E-state index in [2.05, 4.69) is 15.9 Å². The molecule has 0 saturated carbocycles. The molecule has 1 rings (SSSR count). The number of hydrogen-bond donors (Lipinski definition) is 0. The minimum atomic E-state index is -3.46. The van der Waals surface area contributed by atoms with Crippen molar-refractivity contribution in [2.75, 3.05) is 13.3 Å². The average molecular weight is 297 g/mol. The number of halogens is 3. The van der Waals surface area contributed by atoms with Crippen molar-refractivity contribution in [3.05, 3.63) is 35.4 Å². The van der Waals surface area contributed by atoms with E-state index in [1.54, 1.807) is 12.1 Å². The van der Waals surface area contributed by atoms with Gasteiger partial charge in [0.15, 0.2) is 7.14 Å². The third-order valence-corrected chi connectivity index (χ3v) is 4.39. The molecule has 0 N–H and O–H groups in total. The third kappa shape index (κ3) is 2.67. The molecule has 0 unspecified atom stereocenters. The highest BCUT2D eigenvalue weighted by atomic mass is 79.9. The summed E-state index contributed by atoms with van der Waals surface area (Å²) < 4.78 is 38.7. The van der Waals surface area contributed by atoms with E-state index in [1.807, 2.05) is 0 Å². The fourth-order valence-corrected chi connectivity index (χ4v) is 2.25. The lowest BCUT2D eigenvalue weighted by atomic mass is 10.1. The molecule has 0 aromatic heterocycles. The summed E-state index contributed by atoms with van der Waals surface area (Å²) in [4.78, 5) is 0. The van der Waals surface area contributed by atoms with Crippen molar-refractivity contribution >= 4 is 23.1 Å². The zero-order chi connectivity index (χ0) is 11.7. The summed E-state index contributed by atoms with van der Waals surface area (Å²) in [5, 5.41) is 0.620. The Labute approximate surface area is 96.4 Å². The molecule has 0 spiro atoms. The molecule has 0 atom stereocenters. The van der Waals surface area contributed by atoms with E-state index in [0.29, 0.717) is 5.33 Å². The van der Waals surface area contributed by atoms with Crippen molar-refractivity contribution in [1.82, 2.24) is 0 Å². The molecule has 0 heterocycles.